The first-order valence-corrected chi connectivity index (χ1v) is 10.3. The van der Waals surface area contributed by atoms with Crippen molar-refractivity contribution in [2.75, 3.05) is 33.8 Å². The minimum atomic E-state index is -1.00. The summed E-state index contributed by atoms with van der Waals surface area (Å²) in [6.07, 6.45) is 0.862. The van der Waals surface area contributed by atoms with Crippen LogP contribution in [-0.2, 0) is 9.59 Å². The zero-order valence-corrected chi connectivity index (χ0v) is 18.0. The zero-order chi connectivity index (χ0) is 22.5. The number of carbonyl (C=O) groups excluding carboxylic acids is 2. The number of Topliss-reactive ketones (excluding diaryl/α,β-unsaturated/α-hetero) is 1. The Kier molecular flexibility index (Phi) is 7.07. The fourth-order valence-electron chi connectivity index (χ4n) is 3.52. The predicted molar refractivity (Wildman–Crippen MR) is 116 cm³/mol. The van der Waals surface area contributed by atoms with Crippen LogP contribution in [-0.4, -0.2) is 60.4 Å². The molecule has 0 radical (unpaired) electrons. The fourth-order valence-corrected chi connectivity index (χ4v) is 3.52. The van der Waals surface area contributed by atoms with Gasteiger partial charge in [0, 0.05) is 24.2 Å². The van der Waals surface area contributed by atoms with Gasteiger partial charge in [0.25, 0.3) is 11.7 Å². The van der Waals surface area contributed by atoms with Gasteiger partial charge in [0.1, 0.15) is 17.3 Å². The topological polar surface area (TPSA) is 70.1 Å². The number of amides is 1. The van der Waals surface area contributed by atoms with Gasteiger partial charge in [0.2, 0.25) is 0 Å². The Morgan fingerprint density at radius 1 is 1.13 bits per heavy atom. The number of halogens is 1. The Balaban J connectivity index is 2.07. The van der Waals surface area contributed by atoms with Gasteiger partial charge in [0.05, 0.1) is 18.2 Å². The van der Waals surface area contributed by atoms with E-state index in [0.29, 0.717) is 24.5 Å². The second kappa shape index (κ2) is 9.75. The Hall–Kier alpha value is -3.19. The number of aliphatic hydroxyl groups is 1. The third kappa shape index (κ3) is 4.77. The van der Waals surface area contributed by atoms with Crippen LogP contribution in [0.5, 0.6) is 5.75 Å². The first-order chi connectivity index (χ1) is 14.8. The van der Waals surface area contributed by atoms with Crippen molar-refractivity contribution in [3.63, 3.8) is 0 Å². The third-order valence-electron chi connectivity index (χ3n) is 5.13. The van der Waals surface area contributed by atoms with E-state index in [-0.39, 0.29) is 23.4 Å². The lowest BCUT2D eigenvalue weighted by Crippen LogP contribution is -2.35. The van der Waals surface area contributed by atoms with E-state index in [9.17, 15) is 19.1 Å². The molecule has 164 valence electrons. The normalized spacial score (nSPS) is 18.1. The summed E-state index contributed by atoms with van der Waals surface area (Å²) in [6, 6.07) is 11.6. The van der Waals surface area contributed by atoms with Crippen LogP contribution >= 0.6 is 0 Å². The molecule has 31 heavy (non-hydrogen) atoms. The number of likely N-dealkylation sites (tertiary alicyclic amines) is 1. The standard InChI is InChI=1S/C24H27FN2O4/c1-4-15-31-17-11-9-16(10-12-17)22(28)20-21(18-7-5-6-8-19(18)25)27(14-13-26(2)3)24(30)23(20)29/h5-12,21,28H,4,13-15H2,1-3H3/b22-20+/t21-/m0/s1. The molecule has 1 atom stereocenters. The second-order valence-electron chi connectivity index (χ2n) is 7.69. The van der Waals surface area contributed by atoms with Gasteiger partial charge in [-0.3, -0.25) is 9.59 Å². The maximum Gasteiger partial charge on any atom is 0.295 e. The van der Waals surface area contributed by atoms with Crippen LogP contribution in [0.1, 0.15) is 30.5 Å². The SMILES string of the molecule is CCCOc1ccc(/C(O)=C2\C(=O)C(=O)N(CCN(C)C)[C@H]2c2ccccc2F)cc1. The van der Waals surface area contributed by atoms with Crippen molar-refractivity contribution >= 4 is 17.4 Å². The summed E-state index contributed by atoms with van der Waals surface area (Å²) in [5.41, 5.74) is 0.414. The van der Waals surface area contributed by atoms with Crippen molar-refractivity contribution in [3.8, 4) is 5.75 Å². The van der Waals surface area contributed by atoms with Crippen LogP contribution in [0.3, 0.4) is 0 Å². The molecular formula is C24H27FN2O4. The first kappa shape index (κ1) is 22.5. The molecule has 3 rings (SSSR count). The number of ether oxygens (including phenoxy) is 1. The van der Waals surface area contributed by atoms with Gasteiger partial charge < -0.3 is 19.6 Å². The smallest absolute Gasteiger partial charge is 0.295 e. The molecule has 0 spiro atoms. The maximum absolute atomic E-state index is 14.7. The number of aliphatic hydroxyl groups excluding tert-OH is 1. The van der Waals surface area contributed by atoms with Crippen molar-refractivity contribution in [3.05, 3.63) is 71.0 Å². The Morgan fingerprint density at radius 3 is 2.42 bits per heavy atom. The highest BCUT2D eigenvalue weighted by Gasteiger charge is 2.46. The van der Waals surface area contributed by atoms with E-state index in [1.165, 1.54) is 17.0 Å². The van der Waals surface area contributed by atoms with Crippen molar-refractivity contribution in [1.29, 1.82) is 0 Å². The molecule has 1 amide bonds. The molecule has 0 unspecified atom stereocenters. The van der Waals surface area contributed by atoms with Gasteiger partial charge in [-0.2, -0.15) is 0 Å². The lowest BCUT2D eigenvalue weighted by atomic mass is 9.95. The average molecular weight is 426 g/mol. The van der Waals surface area contributed by atoms with Gasteiger partial charge in [-0.05, 0) is 50.8 Å². The van der Waals surface area contributed by atoms with Gasteiger partial charge in [-0.15, -0.1) is 0 Å². The second-order valence-corrected chi connectivity index (χ2v) is 7.69. The number of benzene rings is 2. The molecule has 1 fully saturated rings. The highest BCUT2D eigenvalue weighted by molar-refractivity contribution is 6.46. The molecule has 0 aliphatic carbocycles. The molecule has 2 aromatic rings. The first-order valence-electron chi connectivity index (χ1n) is 10.3. The number of hydrogen-bond donors (Lipinski definition) is 1. The molecule has 1 aliphatic rings. The van der Waals surface area contributed by atoms with Crippen molar-refractivity contribution in [2.45, 2.75) is 19.4 Å². The van der Waals surface area contributed by atoms with Crippen LogP contribution in [0.25, 0.3) is 5.76 Å². The molecule has 6 nitrogen and oxygen atoms in total. The van der Waals surface area contributed by atoms with E-state index in [2.05, 4.69) is 0 Å². The summed E-state index contributed by atoms with van der Waals surface area (Å²) in [4.78, 5) is 28.9. The van der Waals surface area contributed by atoms with E-state index in [1.54, 1.807) is 36.4 Å². The molecule has 1 aliphatic heterocycles. The van der Waals surface area contributed by atoms with Crippen LogP contribution in [0.4, 0.5) is 4.39 Å². The molecule has 0 saturated carbocycles. The highest BCUT2D eigenvalue weighted by Crippen LogP contribution is 2.40. The lowest BCUT2D eigenvalue weighted by molar-refractivity contribution is -0.140. The lowest BCUT2D eigenvalue weighted by Gasteiger charge is -2.26. The van der Waals surface area contributed by atoms with Gasteiger partial charge in [-0.1, -0.05) is 25.1 Å². The molecule has 1 saturated heterocycles. The van der Waals surface area contributed by atoms with Crippen LogP contribution in [0.2, 0.25) is 0 Å². The molecule has 0 bridgehead atoms. The number of carbonyl (C=O) groups is 2. The van der Waals surface area contributed by atoms with E-state index in [1.807, 2.05) is 25.9 Å². The predicted octanol–water partition coefficient (Wildman–Crippen LogP) is 3.60. The summed E-state index contributed by atoms with van der Waals surface area (Å²) < 4.78 is 20.2. The molecule has 1 N–H and O–H groups in total. The number of likely N-dealkylation sites (N-methyl/N-ethyl adjacent to an activating group) is 1. The monoisotopic (exact) mass is 426 g/mol. The van der Waals surface area contributed by atoms with Crippen molar-refractivity contribution in [2.24, 2.45) is 0 Å². The fraction of sp³-hybridized carbons (Fsp3) is 0.333. The van der Waals surface area contributed by atoms with E-state index >= 15 is 0 Å². The van der Waals surface area contributed by atoms with Gasteiger partial charge >= 0.3 is 0 Å². The molecule has 2 aromatic carbocycles. The summed E-state index contributed by atoms with van der Waals surface area (Å²) >= 11 is 0. The van der Waals surface area contributed by atoms with Gasteiger partial charge in [0.15, 0.2) is 0 Å². The summed E-state index contributed by atoms with van der Waals surface area (Å²) in [6.45, 7) is 3.27. The minimum Gasteiger partial charge on any atom is -0.507 e. The summed E-state index contributed by atoms with van der Waals surface area (Å²) in [5, 5.41) is 11.0. The van der Waals surface area contributed by atoms with Crippen molar-refractivity contribution in [1.82, 2.24) is 9.80 Å². The Labute approximate surface area is 181 Å². The Morgan fingerprint density at radius 2 is 1.81 bits per heavy atom. The number of ketones is 1. The number of rotatable bonds is 8. The minimum absolute atomic E-state index is 0.115. The number of hydrogen-bond acceptors (Lipinski definition) is 5. The van der Waals surface area contributed by atoms with Crippen LogP contribution in [0, 0.1) is 5.82 Å². The highest BCUT2D eigenvalue weighted by atomic mass is 19.1. The molecule has 1 heterocycles. The van der Waals surface area contributed by atoms with E-state index in [4.69, 9.17) is 4.74 Å². The maximum atomic E-state index is 14.7. The average Bonchev–Trinajstić information content (AvgIpc) is 3.01. The Bertz CT molecular complexity index is 985. The number of nitrogens with zero attached hydrogens (tertiary/aromatic N) is 2. The van der Waals surface area contributed by atoms with E-state index in [0.717, 1.165) is 6.42 Å². The largest absolute Gasteiger partial charge is 0.507 e. The summed E-state index contributed by atoms with van der Waals surface area (Å²) in [5.74, 6) is -1.81. The third-order valence-corrected chi connectivity index (χ3v) is 5.13. The van der Waals surface area contributed by atoms with Crippen LogP contribution < -0.4 is 4.74 Å². The van der Waals surface area contributed by atoms with Gasteiger partial charge in [-0.25, -0.2) is 4.39 Å². The molecule has 7 heteroatoms. The van der Waals surface area contributed by atoms with Crippen molar-refractivity contribution < 1.29 is 23.8 Å². The van der Waals surface area contributed by atoms with Crippen LogP contribution in [0.15, 0.2) is 54.1 Å². The quantitative estimate of drug-likeness (QED) is 0.397. The zero-order valence-electron chi connectivity index (χ0n) is 18.0. The molecule has 0 aromatic heterocycles. The summed E-state index contributed by atoms with van der Waals surface area (Å²) in [7, 11) is 3.69. The molecular weight excluding hydrogens is 399 g/mol. The van der Waals surface area contributed by atoms with E-state index < -0.39 is 23.5 Å².